The minimum atomic E-state index is -1.10. The van der Waals surface area contributed by atoms with Crippen LogP contribution in [0.5, 0.6) is 0 Å². The van der Waals surface area contributed by atoms with Crippen LogP contribution in [0, 0.1) is 11.8 Å². The molecular formula is C26H30N2O5. The van der Waals surface area contributed by atoms with Gasteiger partial charge in [0.1, 0.15) is 12.1 Å². The van der Waals surface area contributed by atoms with Gasteiger partial charge in [-0.1, -0.05) is 62.4 Å². The number of ether oxygens (including phenoxy) is 1. The number of carboxylic acid groups (broad SMARTS) is 1. The zero-order chi connectivity index (χ0) is 23.6. The quantitative estimate of drug-likeness (QED) is 0.537. The van der Waals surface area contributed by atoms with Crippen molar-refractivity contribution >= 4 is 18.0 Å². The fourth-order valence-electron chi connectivity index (χ4n) is 4.80. The molecule has 1 fully saturated rings. The average molecular weight is 451 g/mol. The van der Waals surface area contributed by atoms with Crippen molar-refractivity contribution in [1.29, 1.82) is 0 Å². The molecule has 7 heteroatoms. The van der Waals surface area contributed by atoms with E-state index in [0.717, 1.165) is 22.3 Å². The molecule has 0 unspecified atom stereocenters. The van der Waals surface area contributed by atoms with Crippen LogP contribution in [0.3, 0.4) is 0 Å². The minimum absolute atomic E-state index is 0.0488. The third-order valence-corrected chi connectivity index (χ3v) is 7.09. The molecule has 0 bridgehead atoms. The van der Waals surface area contributed by atoms with Gasteiger partial charge in [-0.15, -0.1) is 0 Å². The Kier molecular flexibility index (Phi) is 6.40. The molecule has 0 aliphatic heterocycles. The number of benzene rings is 2. The van der Waals surface area contributed by atoms with Gasteiger partial charge in [0.05, 0.1) is 5.92 Å². The van der Waals surface area contributed by atoms with E-state index in [1.807, 2.05) is 38.1 Å². The van der Waals surface area contributed by atoms with Gasteiger partial charge in [-0.05, 0) is 47.4 Å². The number of amides is 2. The highest BCUT2D eigenvalue weighted by Gasteiger charge is 2.44. The highest BCUT2D eigenvalue weighted by atomic mass is 16.5. The van der Waals surface area contributed by atoms with E-state index in [-0.39, 0.29) is 24.3 Å². The maximum absolute atomic E-state index is 12.9. The minimum Gasteiger partial charge on any atom is -0.481 e. The number of aliphatic carboxylic acids is 1. The molecule has 2 amide bonds. The number of rotatable bonds is 9. The maximum Gasteiger partial charge on any atom is 0.408 e. The van der Waals surface area contributed by atoms with Crippen molar-refractivity contribution in [1.82, 2.24) is 10.6 Å². The molecule has 2 aliphatic carbocycles. The molecule has 0 saturated heterocycles. The topological polar surface area (TPSA) is 105 Å². The van der Waals surface area contributed by atoms with Crippen molar-refractivity contribution < 1.29 is 24.2 Å². The highest BCUT2D eigenvalue weighted by molar-refractivity contribution is 5.90. The van der Waals surface area contributed by atoms with Crippen LogP contribution in [0.1, 0.15) is 50.2 Å². The number of alkyl carbamates (subject to hydrolysis) is 1. The summed E-state index contributed by atoms with van der Waals surface area (Å²) in [5, 5.41) is 14.7. The summed E-state index contributed by atoms with van der Waals surface area (Å²) in [4.78, 5) is 36.7. The average Bonchev–Trinajstić information content (AvgIpc) is 3.55. The Morgan fingerprint density at radius 2 is 1.58 bits per heavy atom. The van der Waals surface area contributed by atoms with Gasteiger partial charge in [-0.25, -0.2) is 4.79 Å². The second-order valence-electron chi connectivity index (χ2n) is 8.89. The van der Waals surface area contributed by atoms with E-state index in [0.29, 0.717) is 25.8 Å². The first-order valence-electron chi connectivity index (χ1n) is 11.5. The van der Waals surface area contributed by atoms with Crippen molar-refractivity contribution in [3.8, 4) is 11.1 Å². The predicted octanol–water partition coefficient (Wildman–Crippen LogP) is 3.92. The summed E-state index contributed by atoms with van der Waals surface area (Å²) in [6.45, 7) is 4.14. The van der Waals surface area contributed by atoms with E-state index in [1.54, 1.807) is 0 Å². The van der Waals surface area contributed by atoms with Crippen LogP contribution in [0.2, 0.25) is 0 Å². The van der Waals surface area contributed by atoms with Crippen LogP contribution in [0.15, 0.2) is 48.5 Å². The Morgan fingerprint density at radius 3 is 2.09 bits per heavy atom. The second-order valence-corrected chi connectivity index (χ2v) is 8.89. The Labute approximate surface area is 193 Å². The first-order valence-corrected chi connectivity index (χ1v) is 11.5. The van der Waals surface area contributed by atoms with E-state index < -0.39 is 23.5 Å². The lowest BCUT2D eigenvalue weighted by molar-refractivity contribution is -0.139. The molecule has 0 spiro atoms. The Balaban J connectivity index is 1.38. The van der Waals surface area contributed by atoms with Crippen LogP contribution < -0.4 is 10.6 Å². The Morgan fingerprint density at radius 1 is 1.00 bits per heavy atom. The molecule has 2 atom stereocenters. The molecule has 2 aromatic carbocycles. The number of carbonyl (C=O) groups excluding carboxylic acids is 2. The summed E-state index contributed by atoms with van der Waals surface area (Å²) in [6.07, 6.45) is 0.727. The third-order valence-electron chi connectivity index (χ3n) is 7.09. The van der Waals surface area contributed by atoms with Crippen molar-refractivity contribution in [3.63, 3.8) is 0 Å². The number of carbonyl (C=O) groups is 3. The third kappa shape index (κ3) is 4.45. The van der Waals surface area contributed by atoms with E-state index >= 15 is 0 Å². The molecule has 3 N–H and O–H groups in total. The molecule has 7 nitrogen and oxygen atoms in total. The SMILES string of the molecule is CCC(CC)(NC(=O)OCC1c2ccccc2-c2ccccc21)C(=O)NC[C@@H]1C[C@@H]1C(=O)O. The second kappa shape index (κ2) is 9.25. The van der Waals surface area contributed by atoms with Crippen molar-refractivity contribution in [2.45, 2.75) is 44.6 Å². The van der Waals surface area contributed by atoms with E-state index in [9.17, 15) is 14.4 Å². The van der Waals surface area contributed by atoms with Crippen molar-refractivity contribution in [2.24, 2.45) is 11.8 Å². The summed E-state index contributed by atoms with van der Waals surface area (Å²) < 4.78 is 5.63. The zero-order valence-electron chi connectivity index (χ0n) is 19.0. The Bertz CT molecular complexity index is 1020. The van der Waals surface area contributed by atoms with Gasteiger partial charge in [-0.2, -0.15) is 0 Å². The summed E-state index contributed by atoms with van der Waals surface area (Å²) in [7, 11) is 0. The van der Waals surface area contributed by atoms with Gasteiger partial charge in [0.15, 0.2) is 0 Å². The lowest BCUT2D eigenvalue weighted by Crippen LogP contribution is -2.58. The molecule has 0 aromatic heterocycles. The Hall–Kier alpha value is -3.35. The fraction of sp³-hybridized carbons (Fsp3) is 0.423. The lowest BCUT2D eigenvalue weighted by atomic mass is 9.91. The summed E-state index contributed by atoms with van der Waals surface area (Å²) in [6, 6.07) is 16.2. The van der Waals surface area contributed by atoms with Crippen molar-refractivity contribution in [3.05, 3.63) is 59.7 Å². The fourth-order valence-corrected chi connectivity index (χ4v) is 4.80. The first-order chi connectivity index (χ1) is 15.9. The normalized spacial score (nSPS) is 18.7. The molecule has 2 aromatic rings. The van der Waals surface area contributed by atoms with Gasteiger partial charge in [0.25, 0.3) is 0 Å². The van der Waals surface area contributed by atoms with E-state index in [4.69, 9.17) is 9.84 Å². The van der Waals surface area contributed by atoms with Gasteiger partial charge >= 0.3 is 12.1 Å². The van der Waals surface area contributed by atoms with Crippen LogP contribution in [-0.4, -0.2) is 41.8 Å². The van der Waals surface area contributed by atoms with Crippen LogP contribution in [0.25, 0.3) is 11.1 Å². The monoisotopic (exact) mass is 450 g/mol. The summed E-state index contributed by atoms with van der Waals surface area (Å²) in [5.74, 6) is -1.64. The van der Waals surface area contributed by atoms with Crippen LogP contribution in [0.4, 0.5) is 4.79 Å². The molecule has 0 heterocycles. The van der Waals surface area contributed by atoms with Crippen molar-refractivity contribution in [2.75, 3.05) is 13.2 Å². The smallest absolute Gasteiger partial charge is 0.408 e. The predicted molar refractivity (Wildman–Crippen MR) is 124 cm³/mol. The number of nitrogens with one attached hydrogen (secondary N) is 2. The molecule has 1 saturated carbocycles. The number of hydrogen-bond donors (Lipinski definition) is 3. The number of hydrogen-bond acceptors (Lipinski definition) is 4. The zero-order valence-corrected chi connectivity index (χ0v) is 19.0. The summed E-state index contributed by atoms with van der Waals surface area (Å²) in [5.41, 5.74) is 3.45. The summed E-state index contributed by atoms with van der Waals surface area (Å²) >= 11 is 0. The standard InChI is InChI=1S/C26H30N2O5/c1-3-26(4-2,24(31)27-14-16-13-21(16)23(29)30)28-25(32)33-15-22-19-11-7-5-9-17(19)18-10-6-8-12-20(18)22/h5-12,16,21-22H,3-4,13-15H2,1-2H3,(H,27,31)(H,28,32)(H,29,30)/t16-,21-/m0/s1. The van der Waals surface area contributed by atoms with Gasteiger partial charge in [-0.3, -0.25) is 9.59 Å². The molecule has 0 radical (unpaired) electrons. The molecular weight excluding hydrogens is 420 g/mol. The highest BCUT2D eigenvalue weighted by Crippen LogP contribution is 2.44. The van der Waals surface area contributed by atoms with Crippen LogP contribution in [-0.2, 0) is 14.3 Å². The molecule has 33 heavy (non-hydrogen) atoms. The van der Waals surface area contributed by atoms with Gasteiger partial charge in [0, 0.05) is 12.5 Å². The van der Waals surface area contributed by atoms with Gasteiger partial charge in [0.2, 0.25) is 5.91 Å². The lowest BCUT2D eigenvalue weighted by Gasteiger charge is -2.31. The number of fused-ring (bicyclic) bond motifs is 3. The largest absolute Gasteiger partial charge is 0.481 e. The van der Waals surface area contributed by atoms with E-state index in [1.165, 1.54) is 0 Å². The maximum atomic E-state index is 12.9. The van der Waals surface area contributed by atoms with Gasteiger partial charge < -0.3 is 20.5 Å². The number of carboxylic acids is 1. The molecule has 2 aliphatic rings. The molecule has 174 valence electrons. The van der Waals surface area contributed by atoms with Crippen LogP contribution >= 0.6 is 0 Å². The molecule has 4 rings (SSSR count). The van der Waals surface area contributed by atoms with E-state index in [2.05, 4.69) is 34.9 Å². The first kappa shape index (κ1) is 22.8.